The minimum absolute atomic E-state index is 0.0933. The second kappa shape index (κ2) is 9.80. The van der Waals surface area contributed by atoms with Gasteiger partial charge in [-0.15, -0.1) is 0 Å². The van der Waals surface area contributed by atoms with E-state index in [0.717, 1.165) is 5.56 Å². The molecule has 2 fully saturated rings. The van der Waals surface area contributed by atoms with Gasteiger partial charge in [0.25, 0.3) is 0 Å². The molecule has 2 heterocycles. The van der Waals surface area contributed by atoms with Crippen LogP contribution in [0.15, 0.2) is 30.3 Å². The zero-order valence-corrected chi connectivity index (χ0v) is 21.8. The summed E-state index contributed by atoms with van der Waals surface area (Å²) in [4.78, 5) is 6.00. The lowest BCUT2D eigenvalue weighted by Gasteiger charge is -2.45. The highest BCUT2D eigenvalue weighted by Crippen LogP contribution is 2.39. The van der Waals surface area contributed by atoms with Crippen LogP contribution in [0, 0.1) is 0 Å². The molecule has 182 valence electrons. The molecular weight excluding hydrogens is 426 g/mol. The molecule has 2 saturated heterocycles. The van der Waals surface area contributed by atoms with Crippen molar-refractivity contribution in [3.05, 3.63) is 35.9 Å². The van der Waals surface area contributed by atoms with Gasteiger partial charge in [0, 0.05) is 13.7 Å². The second-order valence-electron chi connectivity index (χ2n) is 10.8. The smallest absolute Gasteiger partial charge is 0.192 e. The van der Waals surface area contributed by atoms with E-state index in [-0.39, 0.29) is 23.8 Å². The number of aliphatic hydroxyl groups is 1. The molecule has 8 heteroatoms. The quantitative estimate of drug-likeness (QED) is 0.613. The summed E-state index contributed by atoms with van der Waals surface area (Å²) in [5, 5.41) is 12.6. The zero-order chi connectivity index (χ0) is 23.7. The molecule has 1 N–H and O–H groups in total. The van der Waals surface area contributed by atoms with Crippen molar-refractivity contribution in [1.29, 1.82) is 0 Å². The molecule has 0 aromatic heterocycles. The predicted molar refractivity (Wildman–Crippen MR) is 126 cm³/mol. The van der Waals surface area contributed by atoms with Gasteiger partial charge in [0.1, 0.15) is 24.4 Å². The van der Waals surface area contributed by atoms with Crippen LogP contribution in [-0.2, 0) is 30.0 Å². The topological polar surface area (TPSA) is 69.6 Å². The third-order valence-electron chi connectivity index (χ3n) is 6.89. The Bertz CT molecular complexity index is 738. The van der Waals surface area contributed by atoms with Gasteiger partial charge in [0.15, 0.2) is 14.1 Å². The first kappa shape index (κ1) is 25.8. The monoisotopic (exact) mass is 467 g/mol. The minimum atomic E-state index is -1.98. The molecule has 32 heavy (non-hydrogen) atoms. The van der Waals surface area contributed by atoms with Crippen LogP contribution in [0.1, 0.15) is 40.2 Å². The van der Waals surface area contributed by atoms with Crippen LogP contribution >= 0.6 is 0 Å². The maximum absolute atomic E-state index is 10.7. The molecule has 0 amide bonds. The van der Waals surface area contributed by atoms with Crippen LogP contribution in [-0.4, -0.2) is 75.1 Å². The van der Waals surface area contributed by atoms with Gasteiger partial charge < -0.3 is 23.7 Å². The number of rotatable bonds is 7. The van der Waals surface area contributed by atoms with Crippen LogP contribution in [0.4, 0.5) is 0 Å². The van der Waals surface area contributed by atoms with Crippen molar-refractivity contribution in [3.8, 4) is 0 Å². The third kappa shape index (κ3) is 5.80. The Morgan fingerprint density at radius 1 is 1.16 bits per heavy atom. The first-order chi connectivity index (χ1) is 14.8. The van der Waals surface area contributed by atoms with Crippen LogP contribution in [0.3, 0.4) is 0 Å². The number of benzene rings is 1. The van der Waals surface area contributed by atoms with Gasteiger partial charge in [0.2, 0.25) is 0 Å². The van der Waals surface area contributed by atoms with Crippen molar-refractivity contribution in [2.75, 3.05) is 20.3 Å². The van der Waals surface area contributed by atoms with Crippen LogP contribution in [0.25, 0.3) is 0 Å². The summed E-state index contributed by atoms with van der Waals surface area (Å²) in [6.07, 6.45) is -1.94. The van der Waals surface area contributed by atoms with Crippen molar-refractivity contribution in [3.63, 3.8) is 0 Å². The minimum Gasteiger partial charge on any atom is -0.414 e. The van der Waals surface area contributed by atoms with E-state index >= 15 is 0 Å². The van der Waals surface area contributed by atoms with E-state index in [1.807, 2.05) is 37.1 Å². The number of hydroxylamine groups is 2. The Labute approximate surface area is 194 Å². The highest BCUT2D eigenvalue weighted by atomic mass is 28.4. The zero-order valence-electron chi connectivity index (χ0n) is 20.8. The normalized spacial score (nSPS) is 31.7. The maximum atomic E-state index is 10.7. The molecule has 1 aromatic carbocycles. The summed E-state index contributed by atoms with van der Waals surface area (Å²) in [6.45, 7) is 16.1. The predicted octanol–water partition coefficient (Wildman–Crippen LogP) is 3.72. The fourth-order valence-electron chi connectivity index (χ4n) is 4.09. The second-order valence-corrected chi connectivity index (χ2v) is 15.6. The lowest BCUT2D eigenvalue weighted by atomic mass is 9.94. The highest BCUT2D eigenvalue weighted by Gasteiger charge is 2.53. The number of hydrogen-bond acceptors (Lipinski definition) is 7. The number of hydrogen-bond donors (Lipinski definition) is 1. The molecule has 1 aromatic rings. The van der Waals surface area contributed by atoms with Gasteiger partial charge in [-0.2, -0.15) is 5.06 Å². The molecule has 0 spiro atoms. The molecule has 0 unspecified atom stereocenters. The Morgan fingerprint density at radius 3 is 2.41 bits per heavy atom. The number of nitrogens with zero attached hydrogens (tertiary/aromatic N) is 1. The summed E-state index contributed by atoms with van der Waals surface area (Å²) in [7, 11) is -0.356. The standard InChI is InChI=1S/C24H41NO6Si/c1-23(2,3)32(7,8)29-16-19-22(31-24(4,5)30-19)20-21(27-6)18(26)15-28-25(20)14-17-12-10-9-11-13-17/h9-13,18-22,26H,14-16H2,1-8H3/t18-,19-,20-,21+,22-/m0/s1. The molecule has 5 atom stereocenters. The molecule has 0 saturated carbocycles. The van der Waals surface area contributed by atoms with E-state index in [1.54, 1.807) is 7.11 Å². The molecule has 2 aliphatic heterocycles. The van der Waals surface area contributed by atoms with Gasteiger partial charge in [0.05, 0.1) is 19.3 Å². The summed E-state index contributed by atoms with van der Waals surface area (Å²) >= 11 is 0. The van der Waals surface area contributed by atoms with Crippen molar-refractivity contribution in [2.24, 2.45) is 0 Å². The summed E-state index contributed by atoms with van der Waals surface area (Å²) in [5.74, 6) is -0.773. The van der Waals surface area contributed by atoms with Crippen molar-refractivity contribution >= 4 is 8.32 Å². The Morgan fingerprint density at radius 2 is 1.81 bits per heavy atom. The van der Waals surface area contributed by atoms with Crippen molar-refractivity contribution in [1.82, 2.24) is 5.06 Å². The highest BCUT2D eigenvalue weighted by molar-refractivity contribution is 6.74. The lowest BCUT2D eigenvalue weighted by molar-refractivity contribution is -0.301. The van der Waals surface area contributed by atoms with Gasteiger partial charge in [-0.05, 0) is 37.5 Å². The van der Waals surface area contributed by atoms with Crippen LogP contribution < -0.4 is 0 Å². The SMILES string of the molecule is CO[C@H]1[C@@H]([C@H]2OC(C)(C)O[C@H]2CO[Si](C)(C)C(C)(C)C)N(Cc2ccccc2)OC[C@@H]1O. The van der Waals surface area contributed by atoms with Crippen molar-refractivity contribution in [2.45, 2.75) is 95.5 Å². The summed E-state index contributed by atoms with van der Waals surface area (Å²) in [6, 6.07) is 9.75. The number of methoxy groups -OCH3 is 1. The van der Waals surface area contributed by atoms with Crippen molar-refractivity contribution < 1.29 is 28.6 Å². The molecule has 3 rings (SSSR count). The summed E-state index contributed by atoms with van der Waals surface area (Å²) < 4.78 is 25.0. The van der Waals surface area contributed by atoms with E-state index in [0.29, 0.717) is 13.2 Å². The average molecular weight is 468 g/mol. The van der Waals surface area contributed by atoms with E-state index in [9.17, 15) is 5.11 Å². The molecule has 0 aliphatic carbocycles. The van der Waals surface area contributed by atoms with Crippen LogP contribution in [0.2, 0.25) is 18.1 Å². The third-order valence-corrected chi connectivity index (χ3v) is 11.4. The Balaban J connectivity index is 1.86. The van der Waals surface area contributed by atoms with Crippen LogP contribution in [0.5, 0.6) is 0 Å². The summed E-state index contributed by atoms with van der Waals surface area (Å²) in [5.41, 5.74) is 1.11. The first-order valence-corrected chi connectivity index (χ1v) is 14.4. The largest absolute Gasteiger partial charge is 0.414 e. The van der Waals surface area contributed by atoms with Gasteiger partial charge in [-0.25, -0.2) is 0 Å². The molecule has 0 radical (unpaired) electrons. The Hall–Kier alpha value is -0.843. The van der Waals surface area contributed by atoms with E-state index in [1.165, 1.54) is 0 Å². The fourth-order valence-corrected chi connectivity index (χ4v) is 5.11. The average Bonchev–Trinajstić information content (AvgIpc) is 3.01. The van der Waals surface area contributed by atoms with Gasteiger partial charge in [-0.3, -0.25) is 4.84 Å². The first-order valence-electron chi connectivity index (χ1n) is 11.5. The molecule has 2 aliphatic rings. The number of ether oxygens (including phenoxy) is 3. The van der Waals surface area contributed by atoms with E-state index in [4.69, 9.17) is 23.5 Å². The van der Waals surface area contributed by atoms with E-state index < -0.39 is 32.4 Å². The number of aliphatic hydroxyl groups excluding tert-OH is 1. The molecule has 0 bridgehead atoms. The lowest BCUT2D eigenvalue weighted by Crippen LogP contribution is -2.63. The Kier molecular flexibility index (Phi) is 7.89. The molecule has 7 nitrogen and oxygen atoms in total. The molecular formula is C24H41NO6Si. The maximum Gasteiger partial charge on any atom is 0.192 e. The van der Waals surface area contributed by atoms with Gasteiger partial charge in [-0.1, -0.05) is 51.1 Å². The van der Waals surface area contributed by atoms with Gasteiger partial charge >= 0.3 is 0 Å². The fraction of sp³-hybridized carbons (Fsp3) is 0.750. The van der Waals surface area contributed by atoms with E-state index in [2.05, 4.69) is 46.0 Å².